The van der Waals surface area contributed by atoms with Crippen molar-refractivity contribution in [3.8, 4) is 11.3 Å². The molecule has 0 amide bonds. The van der Waals surface area contributed by atoms with E-state index in [1.165, 1.54) is 0 Å². The van der Waals surface area contributed by atoms with Gasteiger partial charge in [0, 0.05) is 17.1 Å². The molecule has 0 radical (unpaired) electrons. The Kier molecular flexibility index (Phi) is 3.25. The Morgan fingerprint density at radius 2 is 1.80 bits per heavy atom. The molecular formula is C18H17NO. The van der Waals surface area contributed by atoms with Gasteiger partial charge in [0.15, 0.2) is 0 Å². The van der Waals surface area contributed by atoms with Crippen molar-refractivity contribution in [3.05, 3.63) is 65.9 Å². The maximum absolute atomic E-state index is 10.0. The Balaban J connectivity index is 2.37. The molecule has 1 atom stereocenters. The average molecular weight is 263 g/mol. The normalized spacial score (nSPS) is 12.6. The summed E-state index contributed by atoms with van der Waals surface area (Å²) in [5.41, 5.74) is 4.04. The molecule has 100 valence electrons. The highest BCUT2D eigenvalue weighted by atomic mass is 16.3. The first kappa shape index (κ1) is 12.8. The van der Waals surface area contributed by atoms with Crippen molar-refractivity contribution in [2.45, 2.75) is 20.0 Å². The molecule has 2 heteroatoms. The predicted octanol–water partition coefficient (Wildman–Crippen LogP) is 4.26. The van der Waals surface area contributed by atoms with E-state index in [2.05, 4.69) is 30.1 Å². The molecule has 0 aliphatic heterocycles. The van der Waals surface area contributed by atoms with Gasteiger partial charge in [-0.3, -0.25) is 4.98 Å². The predicted molar refractivity (Wildman–Crippen MR) is 82.5 cm³/mol. The number of hydrogen-bond donors (Lipinski definition) is 1. The van der Waals surface area contributed by atoms with Gasteiger partial charge in [0.1, 0.15) is 0 Å². The standard InChI is InChI=1S/C18H17NO/c1-12-6-5-9-15(13(2)20)17(12)18-16-8-4-3-7-14(16)10-11-19-18/h3-11,13,20H,1-2H3/t13-/m1/s1. The first-order chi connectivity index (χ1) is 9.68. The minimum Gasteiger partial charge on any atom is -0.389 e. The van der Waals surface area contributed by atoms with Crippen molar-refractivity contribution in [3.63, 3.8) is 0 Å². The Labute approximate surface area is 118 Å². The van der Waals surface area contributed by atoms with Crippen molar-refractivity contribution in [1.29, 1.82) is 0 Å². The summed E-state index contributed by atoms with van der Waals surface area (Å²) in [6.45, 7) is 3.86. The van der Waals surface area contributed by atoms with Crippen LogP contribution in [0.3, 0.4) is 0 Å². The van der Waals surface area contributed by atoms with E-state index in [0.717, 1.165) is 33.2 Å². The van der Waals surface area contributed by atoms with Gasteiger partial charge in [-0.1, -0.05) is 42.5 Å². The van der Waals surface area contributed by atoms with Gasteiger partial charge < -0.3 is 5.11 Å². The van der Waals surface area contributed by atoms with Gasteiger partial charge in [-0.2, -0.15) is 0 Å². The molecule has 0 unspecified atom stereocenters. The van der Waals surface area contributed by atoms with E-state index in [9.17, 15) is 5.11 Å². The molecule has 0 fully saturated rings. The smallest absolute Gasteiger partial charge is 0.0786 e. The van der Waals surface area contributed by atoms with Crippen LogP contribution >= 0.6 is 0 Å². The lowest BCUT2D eigenvalue weighted by atomic mass is 9.93. The molecule has 0 aliphatic rings. The minimum absolute atomic E-state index is 0.509. The van der Waals surface area contributed by atoms with Crippen LogP contribution < -0.4 is 0 Å². The lowest BCUT2D eigenvalue weighted by molar-refractivity contribution is 0.200. The maximum Gasteiger partial charge on any atom is 0.0786 e. The van der Waals surface area contributed by atoms with Crippen LogP contribution in [0.25, 0.3) is 22.0 Å². The monoisotopic (exact) mass is 263 g/mol. The van der Waals surface area contributed by atoms with Crippen molar-refractivity contribution in [2.24, 2.45) is 0 Å². The number of rotatable bonds is 2. The molecule has 0 aliphatic carbocycles. The van der Waals surface area contributed by atoms with E-state index in [4.69, 9.17) is 0 Å². The van der Waals surface area contributed by atoms with Crippen LogP contribution in [0.5, 0.6) is 0 Å². The summed E-state index contributed by atoms with van der Waals surface area (Å²) in [5.74, 6) is 0. The average Bonchev–Trinajstić information content (AvgIpc) is 2.46. The van der Waals surface area contributed by atoms with Gasteiger partial charge in [-0.05, 0) is 36.4 Å². The number of hydrogen-bond acceptors (Lipinski definition) is 2. The van der Waals surface area contributed by atoms with Crippen molar-refractivity contribution < 1.29 is 5.11 Å². The Morgan fingerprint density at radius 3 is 2.60 bits per heavy atom. The lowest BCUT2D eigenvalue weighted by Gasteiger charge is -2.16. The highest BCUT2D eigenvalue weighted by Gasteiger charge is 2.15. The molecule has 0 spiro atoms. The molecule has 2 nitrogen and oxygen atoms in total. The summed E-state index contributed by atoms with van der Waals surface area (Å²) in [5, 5.41) is 12.3. The Hall–Kier alpha value is -2.19. The van der Waals surface area contributed by atoms with Crippen LogP contribution in [-0.4, -0.2) is 10.1 Å². The molecule has 1 N–H and O–H groups in total. The molecule has 1 aromatic heterocycles. The van der Waals surface area contributed by atoms with E-state index >= 15 is 0 Å². The third kappa shape index (κ3) is 2.08. The quantitative estimate of drug-likeness (QED) is 0.749. The largest absolute Gasteiger partial charge is 0.389 e. The van der Waals surface area contributed by atoms with Crippen LogP contribution in [0.1, 0.15) is 24.2 Å². The highest BCUT2D eigenvalue weighted by Crippen LogP contribution is 2.34. The van der Waals surface area contributed by atoms with Crippen molar-refractivity contribution in [1.82, 2.24) is 4.98 Å². The molecule has 0 saturated heterocycles. The fourth-order valence-corrected chi connectivity index (χ4v) is 2.68. The maximum atomic E-state index is 10.0. The minimum atomic E-state index is -0.509. The van der Waals surface area contributed by atoms with Crippen LogP contribution in [0.2, 0.25) is 0 Å². The number of aromatic nitrogens is 1. The second-order valence-electron chi connectivity index (χ2n) is 5.10. The zero-order valence-electron chi connectivity index (χ0n) is 11.7. The third-order valence-corrected chi connectivity index (χ3v) is 3.67. The first-order valence-electron chi connectivity index (χ1n) is 6.80. The van der Waals surface area contributed by atoms with Crippen molar-refractivity contribution >= 4 is 10.8 Å². The number of nitrogens with zero attached hydrogens (tertiary/aromatic N) is 1. The zero-order valence-corrected chi connectivity index (χ0v) is 11.7. The molecule has 1 heterocycles. The number of aryl methyl sites for hydroxylation is 1. The lowest BCUT2D eigenvalue weighted by Crippen LogP contribution is -1.99. The van der Waals surface area contributed by atoms with Gasteiger partial charge in [0.05, 0.1) is 11.8 Å². The van der Waals surface area contributed by atoms with Crippen LogP contribution in [0.15, 0.2) is 54.7 Å². The van der Waals surface area contributed by atoms with Gasteiger partial charge in [-0.25, -0.2) is 0 Å². The van der Waals surface area contributed by atoms with Gasteiger partial charge >= 0.3 is 0 Å². The third-order valence-electron chi connectivity index (χ3n) is 3.67. The van der Waals surface area contributed by atoms with E-state index in [-0.39, 0.29) is 0 Å². The first-order valence-corrected chi connectivity index (χ1v) is 6.80. The summed E-state index contributed by atoms with van der Waals surface area (Å²) in [6, 6.07) is 16.2. The number of aliphatic hydroxyl groups excluding tert-OH is 1. The summed E-state index contributed by atoms with van der Waals surface area (Å²) in [7, 11) is 0. The van der Waals surface area contributed by atoms with E-state index in [1.54, 1.807) is 6.92 Å². The zero-order chi connectivity index (χ0) is 14.1. The van der Waals surface area contributed by atoms with Crippen LogP contribution in [0.4, 0.5) is 0 Å². The Bertz CT molecular complexity index is 757. The van der Waals surface area contributed by atoms with Crippen molar-refractivity contribution in [2.75, 3.05) is 0 Å². The second-order valence-corrected chi connectivity index (χ2v) is 5.10. The van der Waals surface area contributed by atoms with E-state index in [0.29, 0.717) is 0 Å². The highest BCUT2D eigenvalue weighted by molar-refractivity contribution is 5.95. The molecular weight excluding hydrogens is 246 g/mol. The van der Waals surface area contributed by atoms with Gasteiger partial charge in [-0.15, -0.1) is 0 Å². The fourth-order valence-electron chi connectivity index (χ4n) is 2.68. The molecule has 0 bridgehead atoms. The number of benzene rings is 2. The number of aliphatic hydroxyl groups is 1. The molecule has 0 saturated carbocycles. The van der Waals surface area contributed by atoms with E-state index < -0.39 is 6.10 Å². The number of fused-ring (bicyclic) bond motifs is 1. The SMILES string of the molecule is Cc1cccc([C@@H](C)O)c1-c1nccc2ccccc12. The summed E-state index contributed by atoms with van der Waals surface area (Å²) < 4.78 is 0. The van der Waals surface area contributed by atoms with Gasteiger partial charge in [0.2, 0.25) is 0 Å². The topological polar surface area (TPSA) is 33.1 Å². The molecule has 20 heavy (non-hydrogen) atoms. The van der Waals surface area contributed by atoms with Crippen LogP contribution in [-0.2, 0) is 0 Å². The second kappa shape index (κ2) is 5.06. The van der Waals surface area contributed by atoms with E-state index in [1.807, 2.05) is 36.5 Å². The van der Waals surface area contributed by atoms with Crippen LogP contribution in [0, 0.1) is 6.92 Å². The molecule has 2 aromatic carbocycles. The summed E-state index contributed by atoms with van der Waals surface area (Å²) in [6.07, 6.45) is 1.32. The summed E-state index contributed by atoms with van der Waals surface area (Å²) >= 11 is 0. The molecule has 3 rings (SSSR count). The van der Waals surface area contributed by atoms with Gasteiger partial charge in [0.25, 0.3) is 0 Å². The molecule has 3 aromatic rings. The summed E-state index contributed by atoms with van der Waals surface area (Å²) in [4.78, 5) is 4.57. The number of pyridine rings is 1. The Morgan fingerprint density at radius 1 is 1.00 bits per heavy atom. The fraction of sp³-hybridized carbons (Fsp3) is 0.167.